The normalized spacial score (nSPS) is 17.8. The van der Waals surface area contributed by atoms with E-state index in [0.29, 0.717) is 17.9 Å². The van der Waals surface area contributed by atoms with Crippen LogP contribution in [0, 0.1) is 5.92 Å². The standard InChI is InChI=1S/C27H23ClN2O2/c1-32-25-12-2-18(3-13-25)14-22-15-24-16-29-17-30(24)26(27(22)31)21-6-4-19(5-7-21)20-8-10-23(28)11-9-20/h2-13,16-17,22,26H,14-15H2,1H3. The van der Waals surface area contributed by atoms with E-state index >= 15 is 0 Å². The lowest BCUT2D eigenvalue weighted by Crippen LogP contribution is -2.35. The first kappa shape index (κ1) is 20.5. The number of Topliss-reactive ketones (excluding diaryl/α,β-unsaturated/α-hetero) is 1. The minimum Gasteiger partial charge on any atom is -0.497 e. The Bertz CT molecular complexity index is 1230. The SMILES string of the molecule is COc1ccc(CC2Cc3cncn3C(c3ccc(-c4ccc(Cl)cc4)cc3)C2=O)cc1. The molecule has 0 radical (unpaired) electrons. The fraction of sp³-hybridized carbons (Fsp3) is 0.185. The molecule has 0 N–H and O–H groups in total. The summed E-state index contributed by atoms with van der Waals surface area (Å²) in [7, 11) is 1.66. The van der Waals surface area contributed by atoms with Crippen LogP contribution >= 0.6 is 11.6 Å². The number of carbonyl (C=O) groups is 1. The molecule has 2 heterocycles. The number of hydrogen-bond acceptors (Lipinski definition) is 3. The highest BCUT2D eigenvalue weighted by Gasteiger charge is 2.36. The summed E-state index contributed by atoms with van der Waals surface area (Å²) >= 11 is 6.01. The highest BCUT2D eigenvalue weighted by Crippen LogP contribution is 2.34. The van der Waals surface area contributed by atoms with E-state index in [0.717, 1.165) is 33.7 Å². The maximum Gasteiger partial charge on any atom is 0.163 e. The van der Waals surface area contributed by atoms with Gasteiger partial charge >= 0.3 is 0 Å². The minimum atomic E-state index is -0.358. The lowest BCUT2D eigenvalue weighted by Gasteiger charge is -2.30. The summed E-state index contributed by atoms with van der Waals surface area (Å²) in [5.74, 6) is 0.958. The Kier molecular flexibility index (Phi) is 5.54. The van der Waals surface area contributed by atoms with Crippen LogP contribution in [0.25, 0.3) is 11.1 Å². The molecule has 32 heavy (non-hydrogen) atoms. The number of benzene rings is 3. The third kappa shape index (κ3) is 3.94. The van der Waals surface area contributed by atoms with Gasteiger partial charge in [0, 0.05) is 22.8 Å². The molecule has 0 saturated heterocycles. The second-order valence-corrected chi connectivity index (χ2v) is 8.62. The number of rotatable bonds is 5. The van der Waals surface area contributed by atoms with E-state index in [2.05, 4.69) is 17.1 Å². The number of imidazole rings is 1. The Morgan fingerprint density at radius 1 is 0.969 bits per heavy atom. The number of methoxy groups -OCH3 is 1. The van der Waals surface area contributed by atoms with Crippen molar-refractivity contribution >= 4 is 17.4 Å². The molecule has 0 fully saturated rings. The summed E-state index contributed by atoms with van der Waals surface area (Å²) in [6.45, 7) is 0. The molecular formula is C27H23ClN2O2. The summed E-state index contributed by atoms with van der Waals surface area (Å²) < 4.78 is 7.27. The molecule has 160 valence electrons. The van der Waals surface area contributed by atoms with Crippen molar-refractivity contribution in [3.8, 4) is 16.9 Å². The zero-order valence-corrected chi connectivity index (χ0v) is 18.5. The van der Waals surface area contributed by atoms with E-state index in [-0.39, 0.29) is 17.7 Å². The molecule has 0 amide bonds. The summed E-state index contributed by atoms with van der Waals surface area (Å²) in [6, 6.07) is 23.6. The highest BCUT2D eigenvalue weighted by molar-refractivity contribution is 6.30. The van der Waals surface area contributed by atoms with E-state index in [9.17, 15) is 4.79 Å². The van der Waals surface area contributed by atoms with Gasteiger partial charge in [-0.05, 0) is 59.4 Å². The monoisotopic (exact) mass is 442 g/mol. The van der Waals surface area contributed by atoms with Gasteiger partial charge in [0.25, 0.3) is 0 Å². The van der Waals surface area contributed by atoms with Crippen LogP contribution in [0.3, 0.4) is 0 Å². The molecule has 0 bridgehead atoms. The lowest BCUT2D eigenvalue weighted by atomic mass is 9.82. The van der Waals surface area contributed by atoms with Crippen molar-refractivity contribution in [2.24, 2.45) is 5.92 Å². The molecule has 5 heteroatoms. The van der Waals surface area contributed by atoms with Gasteiger partial charge < -0.3 is 9.30 Å². The predicted molar refractivity (Wildman–Crippen MR) is 126 cm³/mol. The number of nitrogens with zero attached hydrogens (tertiary/aromatic N) is 2. The maximum atomic E-state index is 13.6. The van der Waals surface area contributed by atoms with Gasteiger partial charge in [0.2, 0.25) is 0 Å². The topological polar surface area (TPSA) is 44.1 Å². The van der Waals surface area contributed by atoms with Crippen LogP contribution in [0.5, 0.6) is 5.75 Å². The Morgan fingerprint density at radius 2 is 1.62 bits per heavy atom. The Labute approximate surface area is 192 Å². The van der Waals surface area contributed by atoms with Crippen molar-refractivity contribution in [3.63, 3.8) is 0 Å². The van der Waals surface area contributed by atoms with E-state index in [1.165, 1.54) is 0 Å². The van der Waals surface area contributed by atoms with Gasteiger partial charge in [0.1, 0.15) is 11.8 Å². The molecule has 1 aliphatic rings. The number of carbonyl (C=O) groups excluding carboxylic acids is 1. The molecule has 2 unspecified atom stereocenters. The quantitative estimate of drug-likeness (QED) is 0.393. The summed E-state index contributed by atoms with van der Waals surface area (Å²) in [4.78, 5) is 18.0. The Balaban J connectivity index is 1.43. The van der Waals surface area contributed by atoms with Crippen molar-refractivity contribution in [3.05, 3.63) is 107 Å². The average Bonchev–Trinajstić information content (AvgIpc) is 3.29. The van der Waals surface area contributed by atoms with Crippen molar-refractivity contribution in [2.45, 2.75) is 18.9 Å². The molecular weight excluding hydrogens is 420 g/mol. The first-order valence-corrected chi connectivity index (χ1v) is 11.0. The van der Waals surface area contributed by atoms with Crippen LogP contribution in [0.1, 0.15) is 22.9 Å². The number of fused-ring (bicyclic) bond motifs is 1. The summed E-state index contributed by atoms with van der Waals surface area (Å²) in [5.41, 5.74) is 5.39. The smallest absolute Gasteiger partial charge is 0.163 e. The predicted octanol–water partition coefficient (Wildman–Crippen LogP) is 5.79. The second kappa shape index (κ2) is 8.64. The van der Waals surface area contributed by atoms with Gasteiger partial charge in [0.15, 0.2) is 5.78 Å². The lowest BCUT2D eigenvalue weighted by molar-refractivity contribution is -0.126. The molecule has 0 saturated carbocycles. The van der Waals surface area contributed by atoms with Crippen LogP contribution in [-0.2, 0) is 17.6 Å². The van der Waals surface area contributed by atoms with Crippen LogP contribution in [0.4, 0.5) is 0 Å². The molecule has 3 aromatic carbocycles. The molecule has 1 aromatic heterocycles. The number of ketones is 1. The number of halogens is 1. The van der Waals surface area contributed by atoms with Gasteiger partial charge in [-0.3, -0.25) is 4.79 Å². The number of hydrogen-bond donors (Lipinski definition) is 0. The van der Waals surface area contributed by atoms with E-state index < -0.39 is 0 Å². The van der Waals surface area contributed by atoms with Crippen molar-refractivity contribution in [1.82, 2.24) is 9.55 Å². The van der Waals surface area contributed by atoms with Crippen molar-refractivity contribution < 1.29 is 9.53 Å². The first-order valence-electron chi connectivity index (χ1n) is 10.7. The molecule has 1 aliphatic heterocycles. The molecule has 5 rings (SSSR count). The third-order valence-electron chi connectivity index (χ3n) is 6.20. The zero-order chi connectivity index (χ0) is 22.1. The second-order valence-electron chi connectivity index (χ2n) is 8.18. The molecule has 4 aromatic rings. The van der Waals surface area contributed by atoms with Gasteiger partial charge in [0.05, 0.1) is 13.4 Å². The fourth-order valence-corrected chi connectivity index (χ4v) is 4.61. The van der Waals surface area contributed by atoms with Gasteiger partial charge in [-0.15, -0.1) is 0 Å². The molecule has 0 aliphatic carbocycles. The van der Waals surface area contributed by atoms with Gasteiger partial charge in [-0.1, -0.05) is 60.1 Å². The van der Waals surface area contributed by atoms with Gasteiger partial charge in [-0.2, -0.15) is 0 Å². The van der Waals surface area contributed by atoms with E-state index in [1.807, 2.05) is 71.4 Å². The molecule has 2 atom stereocenters. The van der Waals surface area contributed by atoms with E-state index in [4.69, 9.17) is 16.3 Å². The summed E-state index contributed by atoms with van der Waals surface area (Å²) in [5, 5.41) is 0.716. The maximum absolute atomic E-state index is 13.6. The van der Waals surface area contributed by atoms with Crippen LogP contribution in [0.2, 0.25) is 5.02 Å². The third-order valence-corrected chi connectivity index (χ3v) is 6.45. The number of aromatic nitrogens is 2. The molecule has 4 nitrogen and oxygen atoms in total. The first-order chi connectivity index (χ1) is 15.6. The minimum absolute atomic E-state index is 0.0893. The fourth-order valence-electron chi connectivity index (χ4n) is 4.48. The van der Waals surface area contributed by atoms with E-state index in [1.54, 1.807) is 13.4 Å². The van der Waals surface area contributed by atoms with Crippen molar-refractivity contribution in [2.75, 3.05) is 7.11 Å². The number of ether oxygens (including phenoxy) is 1. The Hall–Kier alpha value is -3.37. The largest absolute Gasteiger partial charge is 0.497 e. The highest BCUT2D eigenvalue weighted by atomic mass is 35.5. The van der Waals surface area contributed by atoms with Crippen LogP contribution in [0.15, 0.2) is 85.3 Å². The van der Waals surface area contributed by atoms with Crippen molar-refractivity contribution in [1.29, 1.82) is 0 Å². The summed E-state index contributed by atoms with van der Waals surface area (Å²) in [6.07, 6.45) is 5.05. The molecule has 0 spiro atoms. The van der Waals surface area contributed by atoms with Crippen LogP contribution in [-0.4, -0.2) is 22.4 Å². The Morgan fingerprint density at radius 3 is 2.28 bits per heavy atom. The van der Waals surface area contributed by atoms with Crippen LogP contribution < -0.4 is 4.74 Å². The zero-order valence-electron chi connectivity index (χ0n) is 17.7. The van der Waals surface area contributed by atoms with Gasteiger partial charge in [-0.25, -0.2) is 4.98 Å². The average molecular weight is 443 g/mol.